The molecule has 3 aliphatic rings. The van der Waals surface area contributed by atoms with Crippen LogP contribution >= 0.6 is 0 Å². The Kier molecular flexibility index (Phi) is 5.11. The molecule has 0 radical (unpaired) electrons. The summed E-state index contributed by atoms with van der Waals surface area (Å²) in [6.07, 6.45) is 9.34. The number of methoxy groups -OCH3 is 1. The van der Waals surface area contributed by atoms with Gasteiger partial charge >= 0.3 is 0 Å². The number of amides is 1. The van der Waals surface area contributed by atoms with Crippen molar-refractivity contribution in [3.8, 4) is 0 Å². The van der Waals surface area contributed by atoms with Crippen molar-refractivity contribution in [3.05, 3.63) is 12.7 Å². The van der Waals surface area contributed by atoms with Gasteiger partial charge in [-0.1, -0.05) is 19.3 Å². The summed E-state index contributed by atoms with van der Waals surface area (Å²) in [4.78, 5) is 31.0. The molecule has 5 rings (SSSR count). The predicted octanol–water partition coefficient (Wildman–Crippen LogP) is 1.95. The van der Waals surface area contributed by atoms with E-state index in [0.29, 0.717) is 24.3 Å². The van der Waals surface area contributed by atoms with Gasteiger partial charge in [0.05, 0.1) is 12.9 Å². The van der Waals surface area contributed by atoms with Crippen molar-refractivity contribution in [1.29, 1.82) is 0 Å². The lowest BCUT2D eigenvalue weighted by Gasteiger charge is -2.28. The van der Waals surface area contributed by atoms with Crippen molar-refractivity contribution in [3.63, 3.8) is 0 Å². The number of anilines is 1. The zero-order valence-corrected chi connectivity index (χ0v) is 17.2. The molecule has 0 N–H and O–H groups in total. The monoisotopic (exact) mass is 398 g/mol. The number of hydrogen-bond acceptors (Lipinski definition) is 6. The number of aromatic nitrogens is 4. The van der Waals surface area contributed by atoms with E-state index < -0.39 is 0 Å². The largest absolute Gasteiger partial charge is 0.383 e. The smallest absolute Gasteiger partial charge is 0.225 e. The molecule has 156 valence electrons. The average molecular weight is 399 g/mol. The topological polar surface area (TPSA) is 76.4 Å². The summed E-state index contributed by atoms with van der Waals surface area (Å²) < 4.78 is 7.20. The molecule has 2 aromatic heterocycles. The van der Waals surface area contributed by atoms with Gasteiger partial charge < -0.3 is 19.1 Å². The van der Waals surface area contributed by atoms with Gasteiger partial charge in [-0.05, 0) is 12.8 Å². The second kappa shape index (κ2) is 7.89. The summed E-state index contributed by atoms with van der Waals surface area (Å²) >= 11 is 0. The lowest BCUT2D eigenvalue weighted by Crippen LogP contribution is -2.38. The minimum absolute atomic E-state index is 0.274. The highest BCUT2D eigenvalue weighted by Crippen LogP contribution is 2.36. The number of carbonyl (C=O) groups excluding carboxylic acids is 1. The van der Waals surface area contributed by atoms with Gasteiger partial charge in [-0.2, -0.15) is 0 Å². The second-order valence-corrected chi connectivity index (χ2v) is 8.80. The Bertz CT molecular complexity index is 863. The molecule has 0 bridgehead atoms. The van der Waals surface area contributed by atoms with Crippen molar-refractivity contribution in [2.45, 2.75) is 38.6 Å². The van der Waals surface area contributed by atoms with Gasteiger partial charge in [0.1, 0.15) is 6.33 Å². The Morgan fingerprint density at radius 3 is 2.55 bits per heavy atom. The molecule has 1 amide bonds. The second-order valence-electron chi connectivity index (χ2n) is 8.80. The first-order valence-corrected chi connectivity index (χ1v) is 10.9. The van der Waals surface area contributed by atoms with Crippen LogP contribution in [0.2, 0.25) is 0 Å². The van der Waals surface area contributed by atoms with Gasteiger partial charge in [0, 0.05) is 57.6 Å². The lowest BCUT2D eigenvalue weighted by atomic mass is 9.88. The molecule has 1 aliphatic carbocycles. The fraction of sp³-hybridized carbons (Fsp3) is 0.714. The Morgan fingerprint density at radius 2 is 1.83 bits per heavy atom. The van der Waals surface area contributed by atoms with Crippen molar-refractivity contribution in [1.82, 2.24) is 24.4 Å². The summed E-state index contributed by atoms with van der Waals surface area (Å²) in [5.74, 6) is 2.67. The Hall–Kier alpha value is -2.22. The van der Waals surface area contributed by atoms with Gasteiger partial charge in [0.25, 0.3) is 0 Å². The van der Waals surface area contributed by atoms with E-state index in [0.717, 1.165) is 62.5 Å². The number of fused-ring (bicyclic) bond motifs is 2. The Labute approximate surface area is 171 Å². The zero-order valence-electron chi connectivity index (χ0n) is 17.2. The number of ether oxygens (including phenoxy) is 1. The number of imidazole rings is 1. The van der Waals surface area contributed by atoms with E-state index in [1.807, 2.05) is 10.9 Å². The fourth-order valence-corrected chi connectivity index (χ4v) is 5.41. The minimum Gasteiger partial charge on any atom is -0.383 e. The van der Waals surface area contributed by atoms with E-state index in [1.54, 1.807) is 13.4 Å². The zero-order chi connectivity index (χ0) is 19.8. The third-order valence-electron chi connectivity index (χ3n) is 6.97. The highest BCUT2D eigenvalue weighted by molar-refractivity contribution is 5.83. The van der Waals surface area contributed by atoms with E-state index >= 15 is 0 Å². The maximum Gasteiger partial charge on any atom is 0.225 e. The number of likely N-dealkylation sites (tertiary alicyclic amines) is 1. The van der Waals surface area contributed by atoms with Crippen LogP contribution in [0.3, 0.4) is 0 Å². The van der Waals surface area contributed by atoms with Crippen LogP contribution in [0.4, 0.5) is 5.82 Å². The summed E-state index contributed by atoms with van der Waals surface area (Å²) in [5.41, 5.74) is 1.72. The van der Waals surface area contributed by atoms with E-state index in [-0.39, 0.29) is 5.92 Å². The van der Waals surface area contributed by atoms with Crippen molar-refractivity contribution < 1.29 is 9.53 Å². The summed E-state index contributed by atoms with van der Waals surface area (Å²) in [5, 5.41) is 0. The molecule has 2 saturated heterocycles. The van der Waals surface area contributed by atoms with Crippen LogP contribution in [-0.4, -0.2) is 70.2 Å². The summed E-state index contributed by atoms with van der Waals surface area (Å²) in [6.45, 7) is 5.03. The first-order valence-electron chi connectivity index (χ1n) is 10.9. The third-order valence-corrected chi connectivity index (χ3v) is 6.97. The molecule has 29 heavy (non-hydrogen) atoms. The normalized spacial score (nSPS) is 25.1. The van der Waals surface area contributed by atoms with Gasteiger partial charge in [-0.25, -0.2) is 15.0 Å². The molecule has 2 unspecified atom stereocenters. The number of carbonyl (C=O) groups is 1. The third kappa shape index (κ3) is 3.47. The molecular formula is C21H30N6O2. The number of nitrogens with zero attached hydrogens (tertiary/aromatic N) is 6. The van der Waals surface area contributed by atoms with Gasteiger partial charge in [-0.15, -0.1) is 0 Å². The van der Waals surface area contributed by atoms with Gasteiger partial charge in [-0.3, -0.25) is 4.79 Å². The molecular weight excluding hydrogens is 368 g/mol. The molecule has 2 aliphatic heterocycles. The van der Waals surface area contributed by atoms with Crippen molar-refractivity contribution in [2.24, 2.45) is 17.8 Å². The van der Waals surface area contributed by atoms with Crippen LogP contribution in [0.15, 0.2) is 12.7 Å². The number of rotatable bonds is 5. The highest BCUT2D eigenvalue weighted by atomic mass is 16.5. The van der Waals surface area contributed by atoms with E-state index in [1.165, 1.54) is 19.3 Å². The molecule has 8 heteroatoms. The first-order chi connectivity index (χ1) is 14.2. The molecule has 0 aromatic carbocycles. The number of hydrogen-bond donors (Lipinski definition) is 0. The molecule has 2 aromatic rings. The van der Waals surface area contributed by atoms with Crippen LogP contribution in [0.1, 0.15) is 32.1 Å². The van der Waals surface area contributed by atoms with Crippen molar-refractivity contribution in [2.75, 3.05) is 44.8 Å². The molecule has 8 nitrogen and oxygen atoms in total. The van der Waals surface area contributed by atoms with Gasteiger partial charge in [0.15, 0.2) is 17.0 Å². The van der Waals surface area contributed by atoms with Gasteiger partial charge in [0.2, 0.25) is 5.91 Å². The molecule has 1 saturated carbocycles. The fourth-order valence-electron chi connectivity index (χ4n) is 5.41. The van der Waals surface area contributed by atoms with Crippen LogP contribution in [0, 0.1) is 17.8 Å². The average Bonchev–Trinajstić information content (AvgIpc) is 3.45. The van der Waals surface area contributed by atoms with E-state index in [4.69, 9.17) is 4.74 Å². The Morgan fingerprint density at radius 1 is 1.07 bits per heavy atom. The quantitative estimate of drug-likeness (QED) is 0.766. The summed E-state index contributed by atoms with van der Waals surface area (Å²) in [6, 6.07) is 0. The molecule has 3 fully saturated rings. The van der Waals surface area contributed by atoms with Crippen LogP contribution in [0.25, 0.3) is 11.2 Å². The lowest BCUT2D eigenvalue weighted by molar-refractivity contribution is -0.135. The maximum atomic E-state index is 12.9. The van der Waals surface area contributed by atoms with Crippen molar-refractivity contribution >= 4 is 22.9 Å². The SMILES string of the molecule is COCCn1cnc2c(N3CC4CN(C(=O)C5CCCCC5)CC4C3)ncnc21. The predicted molar refractivity (Wildman–Crippen MR) is 110 cm³/mol. The summed E-state index contributed by atoms with van der Waals surface area (Å²) in [7, 11) is 1.70. The van der Waals surface area contributed by atoms with Crippen LogP contribution < -0.4 is 4.90 Å². The molecule has 2 atom stereocenters. The standard InChI is InChI=1S/C21H30N6O2/c1-29-8-7-25-14-24-18-19(25)22-13-23-20(18)26-9-16-11-27(12-17(16)10-26)21(28)15-5-3-2-4-6-15/h13-17H,2-12H2,1H3. The van der Waals surface area contributed by atoms with E-state index in [2.05, 4.69) is 24.8 Å². The molecule has 4 heterocycles. The van der Waals surface area contributed by atoms with E-state index in [9.17, 15) is 4.79 Å². The first kappa shape index (κ1) is 18.8. The molecule has 0 spiro atoms. The highest BCUT2D eigenvalue weighted by Gasteiger charge is 2.43. The van der Waals surface area contributed by atoms with Crippen LogP contribution in [0.5, 0.6) is 0 Å². The maximum absolute atomic E-state index is 12.9. The van der Waals surface area contributed by atoms with Crippen LogP contribution in [-0.2, 0) is 16.1 Å². The Balaban J connectivity index is 1.27. The minimum atomic E-state index is 0.274.